The molecule has 0 fully saturated rings. The number of pyridine rings is 1. The average molecular weight is 534 g/mol. The average Bonchev–Trinajstić information content (AvgIpc) is 2.90. The Hall–Kier alpha value is -4.52. The summed E-state index contributed by atoms with van der Waals surface area (Å²) >= 11 is 0. The zero-order valence-corrected chi connectivity index (χ0v) is 23.3. The van der Waals surface area contributed by atoms with Crippen molar-refractivity contribution in [3.63, 3.8) is 0 Å². The molecule has 0 unspecified atom stereocenters. The molecule has 0 saturated carbocycles. The van der Waals surface area contributed by atoms with E-state index in [9.17, 15) is 9.90 Å². The Kier molecular flexibility index (Phi) is 6.17. The van der Waals surface area contributed by atoms with Crippen molar-refractivity contribution in [3.8, 4) is 33.8 Å². The maximum absolute atomic E-state index is 12.2. The zero-order valence-electron chi connectivity index (χ0n) is 23.3. The van der Waals surface area contributed by atoms with Crippen LogP contribution in [0.15, 0.2) is 55.2 Å². The number of aromatic nitrogens is 3. The van der Waals surface area contributed by atoms with Crippen molar-refractivity contribution in [1.82, 2.24) is 15.0 Å². The van der Waals surface area contributed by atoms with Crippen LogP contribution in [0.25, 0.3) is 43.9 Å². The van der Waals surface area contributed by atoms with E-state index in [0.717, 1.165) is 78.4 Å². The number of nitrogens with zero attached hydrogens (tertiary/aromatic N) is 3. The van der Waals surface area contributed by atoms with Crippen LogP contribution in [0.3, 0.4) is 0 Å². The first-order valence-electron chi connectivity index (χ1n) is 13.4. The molecule has 1 aliphatic rings. The number of hydrogen-bond acceptors (Lipinski definition) is 6. The number of carbonyl (C=O) groups is 1. The summed E-state index contributed by atoms with van der Waals surface area (Å²) in [5, 5.41) is 12.9. The number of rotatable bonds is 5. The SMILES string of the molecule is Cc1cc2c(C)c(-c3cncnc3)ccc2c(-c2c(OC(C)(C)C)cc3c4c(ccnc24)CCO3)c1CC(=O)O. The highest BCUT2D eigenvalue weighted by atomic mass is 16.5. The van der Waals surface area contributed by atoms with Gasteiger partial charge in [0.1, 0.15) is 23.4 Å². The third kappa shape index (κ3) is 4.41. The Balaban J connectivity index is 1.77. The lowest BCUT2D eigenvalue weighted by molar-refractivity contribution is -0.136. The minimum Gasteiger partial charge on any atom is -0.492 e. The van der Waals surface area contributed by atoms with E-state index in [1.165, 1.54) is 6.33 Å². The number of fused-ring (bicyclic) bond motifs is 1. The molecule has 3 heterocycles. The number of aliphatic carboxylic acids is 1. The summed E-state index contributed by atoms with van der Waals surface area (Å²) in [6.07, 6.45) is 7.61. The zero-order chi connectivity index (χ0) is 28.2. The van der Waals surface area contributed by atoms with Gasteiger partial charge in [0.25, 0.3) is 0 Å². The van der Waals surface area contributed by atoms with Gasteiger partial charge in [0, 0.05) is 42.0 Å². The number of benzene rings is 3. The molecule has 0 bridgehead atoms. The van der Waals surface area contributed by atoms with Crippen LogP contribution in [0.5, 0.6) is 11.5 Å². The van der Waals surface area contributed by atoms with Crippen molar-refractivity contribution in [2.45, 2.75) is 53.1 Å². The maximum Gasteiger partial charge on any atom is 0.307 e. The van der Waals surface area contributed by atoms with E-state index in [0.29, 0.717) is 12.4 Å². The van der Waals surface area contributed by atoms with Crippen LogP contribution >= 0.6 is 0 Å². The predicted molar refractivity (Wildman–Crippen MR) is 156 cm³/mol. The van der Waals surface area contributed by atoms with Crippen molar-refractivity contribution < 1.29 is 19.4 Å². The molecule has 5 aromatic rings. The van der Waals surface area contributed by atoms with Gasteiger partial charge in [-0.2, -0.15) is 0 Å². The first kappa shape index (κ1) is 25.7. The molecule has 0 amide bonds. The summed E-state index contributed by atoms with van der Waals surface area (Å²) < 4.78 is 12.7. The van der Waals surface area contributed by atoms with Gasteiger partial charge >= 0.3 is 5.97 Å². The fourth-order valence-electron chi connectivity index (χ4n) is 5.80. The Morgan fingerprint density at radius 3 is 2.55 bits per heavy atom. The standard InChI is InChI=1S/C33H31N3O4/c1-18-12-25-19(2)22(21-15-34-17-35-16-21)6-7-23(25)30(24(18)13-28(37)38)31-27(40-33(3,4)5)14-26-29-20(9-11-39-26)8-10-36-32(29)31/h6-8,10,12,14-17H,9,11,13H2,1-5H3,(H,37,38). The highest BCUT2D eigenvalue weighted by Crippen LogP contribution is 2.49. The number of ether oxygens (including phenoxy) is 2. The molecule has 7 heteroatoms. The molecular weight excluding hydrogens is 502 g/mol. The fraction of sp³-hybridized carbons (Fsp3) is 0.273. The van der Waals surface area contributed by atoms with Gasteiger partial charge in [0.2, 0.25) is 0 Å². The normalized spacial score (nSPS) is 12.9. The molecule has 0 spiro atoms. The van der Waals surface area contributed by atoms with E-state index in [4.69, 9.17) is 14.5 Å². The molecule has 1 aliphatic heterocycles. The minimum absolute atomic E-state index is 0.126. The first-order chi connectivity index (χ1) is 19.1. The van der Waals surface area contributed by atoms with E-state index in [2.05, 4.69) is 35.1 Å². The molecule has 0 atom stereocenters. The predicted octanol–water partition coefficient (Wildman–Crippen LogP) is 6.87. The van der Waals surface area contributed by atoms with Gasteiger partial charge in [0.05, 0.1) is 24.1 Å². The summed E-state index contributed by atoms with van der Waals surface area (Å²) in [5.74, 6) is 0.473. The lowest BCUT2D eigenvalue weighted by Gasteiger charge is -2.28. The van der Waals surface area contributed by atoms with Gasteiger partial charge in [-0.1, -0.05) is 18.2 Å². The Morgan fingerprint density at radius 1 is 1.05 bits per heavy atom. The number of aryl methyl sites for hydroxylation is 2. The van der Waals surface area contributed by atoms with Crippen LogP contribution in [0.2, 0.25) is 0 Å². The third-order valence-corrected chi connectivity index (χ3v) is 7.45. The molecule has 3 aromatic carbocycles. The molecule has 1 N–H and O–H groups in total. The van der Waals surface area contributed by atoms with E-state index in [-0.39, 0.29) is 6.42 Å². The summed E-state index contributed by atoms with van der Waals surface area (Å²) in [4.78, 5) is 25.5. The Morgan fingerprint density at radius 2 is 1.82 bits per heavy atom. The second-order valence-corrected chi connectivity index (χ2v) is 11.3. The topological polar surface area (TPSA) is 94.4 Å². The Labute approximate surface area is 232 Å². The van der Waals surface area contributed by atoms with Crippen LogP contribution in [0.4, 0.5) is 0 Å². The molecule has 6 rings (SSSR count). The van der Waals surface area contributed by atoms with Crippen LogP contribution in [-0.2, 0) is 17.6 Å². The number of carboxylic acids is 1. The molecule has 0 aliphatic carbocycles. The van der Waals surface area contributed by atoms with Gasteiger partial charge in [-0.25, -0.2) is 9.97 Å². The van der Waals surface area contributed by atoms with Crippen LogP contribution in [0.1, 0.15) is 43.0 Å². The number of hydrogen-bond donors (Lipinski definition) is 1. The van der Waals surface area contributed by atoms with E-state index >= 15 is 0 Å². The van der Waals surface area contributed by atoms with Gasteiger partial charge in [0.15, 0.2) is 0 Å². The molecule has 0 radical (unpaired) electrons. The highest BCUT2D eigenvalue weighted by Gasteiger charge is 2.28. The molecule has 0 saturated heterocycles. The van der Waals surface area contributed by atoms with Crippen molar-refractivity contribution >= 4 is 27.6 Å². The molecule has 40 heavy (non-hydrogen) atoms. The van der Waals surface area contributed by atoms with Crippen LogP contribution in [-0.4, -0.2) is 38.2 Å². The van der Waals surface area contributed by atoms with Gasteiger partial charge < -0.3 is 14.6 Å². The summed E-state index contributed by atoms with van der Waals surface area (Å²) in [6.45, 7) is 10.7. The Bertz CT molecular complexity index is 1810. The largest absolute Gasteiger partial charge is 0.492 e. The summed E-state index contributed by atoms with van der Waals surface area (Å²) in [7, 11) is 0. The molecular formula is C33H31N3O4. The highest BCUT2D eigenvalue weighted by molar-refractivity contribution is 6.12. The lowest BCUT2D eigenvalue weighted by atomic mass is 9.84. The van der Waals surface area contributed by atoms with Gasteiger partial charge in [-0.05, 0) is 84.8 Å². The van der Waals surface area contributed by atoms with Crippen molar-refractivity contribution in [2.75, 3.05) is 6.61 Å². The smallest absolute Gasteiger partial charge is 0.307 e. The lowest BCUT2D eigenvalue weighted by Crippen LogP contribution is -2.24. The maximum atomic E-state index is 12.2. The van der Waals surface area contributed by atoms with E-state index in [1.807, 2.05) is 46.0 Å². The molecule has 7 nitrogen and oxygen atoms in total. The monoisotopic (exact) mass is 533 g/mol. The first-order valence-corrected chi connectivity index (χ1v) is 13.4. The second kappa shape index (κ2) is 9.59. The van der Waals surface area contributed by atoms with Gasteiger partial charge in [-0.3, -0.25) is 9.78 Å². The van der Waals surface area contributed by atoms with Crippen molar-refractivity contribution in [1.29, 1.82) is 0 Å². The molecule has 2 aromatic heterocycles. The van der Waals surface area contributed by atoms with E-state index < -0.39 is 11.6 Å². The van der Waals surface area contributed by atoms with Crippen LogP contribution in [0, 0.1) is 13.8 Å². The van der Waals surface area contributed by atoms with Crippen molar-refractivity contribution in [3.05, 3.63) is 77.5 Å². The van der Waals surface area contributed by atoms with Crippen molar-refractivity contribution in [2.24, 2.45) is 0 Å². The minimum atomic E-state index is -0.893. The quantitative estimate of drug-likeness (QED) is 0.263. The van der Waals surface area contributed by atoms with Crippen LogP contribution < -0.4 is 9.47 Å². The third-order valence-electron chi connectivity index (χ3n) is 7.45. The van der Waals surface area contributed by atoms with Gasteiger partial charge in [-0.15, -0.1) is 0 Å². The summed E-state index contributed by atoms with van der Waals surface area (Å²) in [5.41, 5.74) is 7.69. The number of carboxylic acid groups (broad SMARTS) is 1. The van der Waals surface area contributed by atoms with E-state index in [1.54, 1.807) is 12.4 Å². The second-order valence-electron chi connectivity index (χ2n) is 11.3. The fourth-order valence-corrected chi connectivity index (χ4v) is 5.80. The summed E-state index contributed by atoms with van der Waals surface area (Å²) in [6, 6.07) is 10.2. The molecule has 202 valence electrons.